The van der Waals surface area contributed by atoms with Crippen LogP contribution in [-0.2, 0) is 14.2 Å². The van der Waals surface area contributed by atoms with Gasteiger partial charge >= 0.3 is 348 Å². The summed E-state index contributed by atoms with van der Waals surface area (Å²) in [7, 11) is 0. The molecule has 0 aromatic heterocycles. The Morgan fingerprint density at radius 3 is 1.16 bits per heavy atom. The van der Waals surface area contributed by atoms with E-state index in [1.807, 2.05) is 0 Å². The first kappa shape index (κ1) is 40.7. The van der Waals surface area contributed by atoms with Crippen LogP contribution in [0, 0.1) is 0 Å². The van der Waals surface area contributed by atoms with Gasteiger partial charge in [0.1, 0.15) is 0 Å². The summed E-state index contributed by atoms with van der Waals surface area (Å²) in [4.78, 5) is 0. The van der Waals surface area contributed by atoms with Crippen LogP contribution >= 0.6 is 0 Å². The van der Waals surface area contributed by atoms with Crippen LogP contribution in [0.4, 0.5) is 0 Å². The van der Waals surface area contributed by atoms with Crippen LogP contribution in [0.15, 0.2) is 158 Å². The number of fused-ring (bicyclic) bond motifs is 2. The van der Waals surface area contributed by atoms with Gasteiger partial charge in [-0.2, -0.15) is 0 Å². The van der Waals surface area contributed by atoms with Crippen molar-refractivity contribution in [3.8, 4) is 44.5 Å². The molecule has 0 amide bonds. The Morgan fingerprint density at radius 1 is 0.397 bits per heavy atom. The summed E-state index contributed by atoms with van der Waals surface area (Å²) in [5.41, 5.74) is 16.6. The van der Waals surface area contributed by atoms with Gasteiger partial charge in [0, 0.05) is 0 Å². The molecular formula is C56H64HfSi. The fourth-order valence-corrected chi connectivity index (χ4v) is 61.9. The summed E-state index contributed by atoms with van der Waals surface area (Å²) in [5, 5.41) is 0. The molecule has 58 heavy (non-hydrogen) atoms. The molecule has 6 aromatic carbocycles. The van der Waals surface area contributed by atoms with Gasteiger partial charge in [-0.3, -0.25) is 0 Å². The zero-order chi connectivity index (χ0) is 40.3. The number of hydrogen-bond donors (Lipinski definition) is 0. The van der Waals surface area contributed by atoms with E-state index in [-0.39, 0.29) is 0 Å². The molecule has 0 spiro atoms. The van der Waals surface area contributed by atoms with Crippen molar-refractivity contribution in [3.63, 3.8) is 0 Å². The molecule has 0 saturated heterocycles. The molecule has 2 aliphatic carbocycles. The van der Waals surface area contributed by atoms with E-state index in [9.17, 15) is 0 Å². The Bertz CT molecular complexity index is 2450. The normalized spacial score (nSPS) is 17.6. The molecular weight excluding hydrogens is 879 g/mol. The van der Waals surface area contributed by atoms with Gasteiger partial charge < -0.3 is 0 Å². The average Bonchev–Trinajstić information content (AvgIpc) is 3.93. The third-order valence-electron chi connectivity index (χ3n) is 15.7. The van der Waals surface area contributed by atoms with Gasteiger partial charge in [0.15, 0.2) is 0 Å². The maximum absolute atomic E-state index is 5.34. The second-order valence-electron chi connectivity index (χ2n) is 20.7. The number of hydrogen-bond acceptors (Lipinski definition) is 0. The van der Waals surface area contributed by atoms with Crippen molar-refractivity contribution in [1.29, 1.82) is 0 Å². The summed E-state index contributed by atoms with van der Waals surface area (Å²) in [6, 6.07) is 54.7. The summed E-state index contributed by atoms with van der Waals surface area (Å²) in [6.45, 7) is 7.35. The van der Waals surface area contributed by atoms with Crippen LogP contribution in [0.3, 0.4) is 0 Å². The standard InChI is InChI=1S/2C21H15.2C6H13.2CH3.Hf.H2Si/c2*1-2-8-16(9-3-1)18-12-4-5-13-20(18)21-15-7-11-17-10-6-14-19(17)21;2*1-3-5-6-4-2;;;;/h2*1-15H;2*1,3-6H2,2H3;2*1H3;;1H2. The van der Waals surface area contributed by atoms with Gasteiger partial charge in [0.25, 0.3) is 0 Å². The molecule has 0 N–H and O–H groups in total. The van der Waals surface area contributed by atoms with Crippen LogP contribution in [-0.4, -0.2) is 6.94 Å². The molecule has 0 aliphatic heterocycles. The van der Waals surface area contributed by atoms with Crippen LogP contribution in [0.1, 0.15) is 94.8 Å². The van der Waals surface area contributed by atoms with Crippen LogP contribution in [0.5, 0.6) is 0 Å². The van der Waals surface area contributed by atoms with Crippen molar-refractivity contribution in [1.82, 2.24) is 0 Å². The van der Waals surface area contributed by atoms with Crippen molar-refractivity contribution in [2.24, 2.45) is 0 Å². The Morgan fingerprint density at radius 2 is 0.759 bits per heavy atom. The van der Waals surface area contributed by atoms with Crippen molar-refractivity contribution in [2.75, 3.05) is 0 Å². The SMILES string of the molecule is CCCCC[CH2][Hf]([CH3])([CH3])(=[SiH2])([CH2]CCCCC)([CH]1C=Cc2c(-c3ccccc3-c3ccccc3)cccc21)[CH]1C=Cc2c(-c3ccccc3-c3ccccc3)cccc21. The third-order valence-corrected chi connectivity index (χ3v) is 72.3. The molecule has 0 bridgehead atoms. The fraction of sp³-hybridized carbons (Fsp3) is 0.286. The summed E-state index contributed by atoms with van der Waals surface area (Å²) >= 11 is -5.34. The van der Waals surface area contributed by atoms with Gasteiger partial charge in [0.05, 0.1) is 0 Å². The second-order valence-corrected chi connectivity index (χ2v) is 97.7. The molecule has 6 aromatic rings. The molecule has 0 heterocycles. The molecule has 0 fully saturated rings. The second kappa shape index (κ2) is 15.2. The Labute approximate surface area is 345 Å². The Hall–Kier alpha value is -4.11. The topological polar surface area (TPSA) is 0 Å². The minimum atomic E-state index is -5.34. The van der Waals surface area contributed by atoms with Gasteiger partial charge in [-0.25, -0.2) is 0 Å². The van der Waals surface area contributed by atoms with Gasteiger partial charge in [-0.05, 0) is 0 Å². The first-order chi connectivity index (χ1) is 28.1. The summed E-state index contributed by atoms with van der Waals surface area (Å²) in [6.07, 6.45) is 21.0. The summed E-state index contributed by atoms with van der Waals surface area (Å²) < 4.78 is 9.45. The first-order valence-corrected chi connectivity index (χ1v) is 47.2. The van der Waals surface area contributed by atoms with E-state index >= 15 is 0 Å². The quantitative estimate of drug-likeness (QED) is 0.0670. The van der Waals surface area contributed by atoms with Crippen molar-refractivity contribution in [3.05, 3.63) is 180 Å². The van der Waals surface area contributed by atoms with Gasteiger partial charge in [-0.1, -0.05) is 0 Å². The molecule has 0 nitrogen and oxygen atoms in total. The predicted molar refractivity (Wildman–Crippen MR) is 256 cm³/mol. The van der Waals surface area contributed by atoms with Crippen molar-refractivity contribution < 1.29 is 14.2 Å². The number of benzene rings is 6. The van der Waals surface area contributed by atoms with Crippen molar-refractivity contribution >= 4 is 19.1 Å². The average molecular weight is 944 g/mol. The molecule has 2 aliphatic rings. The third kappa shape index (κ3) is 6.87. The monoisotopic (exact) mass is 944 g/mol. The van der Waals surface area contributed by atoms with Gasteiger partial charge in [0.2, 0.25) is 0 Å². The van der Waals surface area contributed by atoms with E-state index < -0.39 is 14.2 Å². The number of rotatable bonds is 16. The van der Waals surface area contributed by atoms with E-state index in [1.54, 1.807) is 11.1 Å². The summed E-state index contributed by atoms with van der Waals surface area (Å²) in [5.74, 6) is 0. The fourth-order valence-electron chi connectivity index (χ4n) is 12.3. The number of allylic oxidation sites excluding steroid dienone is 2. The molecule has 8 rings (SSSR count). The van der Waals surface area contributed by atoms with Crippen LogP contribution < -0.4 is 0 Å². The van der Waals surface area contributed by atoms with E-state index in [0.717, 1.165) is 0 Å². The van der Waals surface area contributed by atoms with Crippen molar-refractivity contribution in [2.45, 2.75) is 90.3 Å². The van der Waals surface area contributed by atoms with E-state index in [4.69, 9.17) is 0 Å². The van der Waals surface area contributed by atoms with Crippen LogP contribution in [0.25, 0.3) is 56.7 Å². The molecule has 0 radical (unpaired) electrons. The number of unbranched alkanes of at least 4 members (excludes halogenated alkanes) is 6. The zero-order valence-corrected chi connectivity index (χ0v) is 40.6. The van der Waals surface area contributed by atoms with Gasteiger partial charge in [-0.15, -0.1) is 0 Å². The molecule has 2 atom stereocenters. The maximum atomic E-state index is 2.99. The molecule has 0 saturated carbocycles. The first-order valence-electron chi connectivity index (χ1n) is 22.5. The Balaban J connectivity index is 1.35. The molecule has 296 valence electrons. The molecule has 2 heteroatoms. The zero-order valence-electron chi connectivity index (χ0n) is 35.6. The van der Waals surface area contributed by atoms with E-state index in [0.29, 0.717) is 7.35 Å². The Kier molecular flexibility index (Phi) is 10.6. The minimum absolute atomic E-state index is 0.394. The van der Waals surface area contributed by atoms with E-state index in [1.165, 1.54) is 115 Å². The van der Waals surface area contributed by atoms with E-state index in [2.05, 4.69) is 200 Å². The predicted octanol–water partition coefficient (Wildman–Crippen LogP) is 16.6. The van der Waals surface area contributed by atoms with Crippen LogP contribution in [0.2, 0.25) is 17.7 Å². The molecule has 2 unspecified atom stereocenters.